The molecule has 2 amide bonds. The summed E-state index contributed by atoms with van der Waals surface area (Å²) in [5.41, 5.74) is 0.840. The molecule has 1 spiro atoms. The van der Waals surface area contributed by atoms with Gasteiger partial charge in [-0.15, -0.1) is 0 Å². The number of carbonyl (C=O) groups is 2. The normalized spacial score (nSPS) is 24.6. The molecule has 4 rings (SSSR count). The third-order valence-corrected chi connectivity index (χ3v) is 6.84. The first-order valence-corrected chi connectivity index (χ1v) is 10.2. The summed E-state index contributed by atoms with van der Waals surface area (Å²) in [6.45, 7) is 6.40. The van der Waals surface area contributed by atoms with Crippen LogP contribution in [0, 0.1) is 17.3 Å². The first kappa shape index (κ1) is 18.5. The van der Waals surface area contributed by atoms with Gasteiger partial charge in [-0.1, -0.05) is 0 Å². The van der Waals surface area contributed by atoms with Gasteiger partial charge in [0, 0.05) is 58.9 Å². The Morgan fingerprint density at radius 3 is 2.52 bits per heavy atom. The van der Waals surface area contributed by atoms with Gasteiger partial charge in [0.2, 0.25) is 5.91 Å². The first-order valence-electron chi connectivity index (χ1n) is 10.2. The van der Waals surface area contributed by atoms with Crippen LogP contribution in [-0.4, -0.2) is 65.6 Å². The number of likely N-dealkylation sites (tertiary alicyclic amines) is 2. The van der Waals surface area contributed by atoms with Gasteiger partial charge in [0.05, 0.1) is 6.61 Å². The topological polar surface area (TPSA) is 54.8 Å². The molecule has 1 atom stereocenters. The molecule has 3 aliphatic rings. The molecule has 0 unspecified atom stereocenters. The van der Waals surface area contributed by atoms with E-state index in [0.717, 1.165) is 63.8 Å². The van der Waals surface area contributed by atoms with Crippen LogP contribution >= 0.6 is 0 Å². The fraction of sp³-hybridized carbons (Fsp3) is 0.714. The molecule has 0 aromatic carbocycles. The first-order chi connectivity index (χ1) is 13.0. The zero-order chi connectivity index (χ0) is 19.0. The summed E-state index contributed by atoms with van der Waals surface area (Å²) < 4.78 is 7.91. The molecule has 1 aliphatic carbocycles. The van der Waals surface area contributed by atoms with E-state index in [1.165, 1.54) is 12.8 Å². The van der Waals surface area contributed by atoms with Crippen LogP contribution in [0.5, 0.6) is 0 Å². The second kappa shape index (κ2) is 7.30. The van der Waals surface area contributed by atoms with Crippen molar-refractivity contribution < 1.29 is 14.3 Å². The van der Waals surface area contributed by atoms with Crippen LogP contribution in [0.15, 0.2) is 18.3 Å². The molecule has 1 aromatic rings. The summed E-state index contributed by atoms with van der Waals surface area (Å²) in [6.07, 6.45) is 6.40. The molecule has 1 aromatic heterocycles. The number of piperidine rings is 1. The number of nitrogens with zero attached hydrogens (tertiary/aromatic N) is 3. The molecule has 0 N–H and O–H groups in total. The highest BCUT2D eigenvalue weighted by Gasteiger charge is 2.49. The third kappa shape index (κ3) is 3.77. The van der Waals surface area contributed by atoms with Crippen molar-refractivity contribution in [3.05, 3.63) is 24.0 Å². The SMILES string of the molecule is CC(=O)N1C[C@H](COCC2CC2)C2(CCN(C(=O)c3cccn3C)CC2)C1. The lowest BCUT2D eigenvalue weighted by Gasteiger charge is -2.42. The number of amides is 2. The van der Waals surface area contributed by atoms with Crippen molar-refractivity contribution in [2.75, 3.05) is 39.4 Å². The second-order valence-corrected chi connectivity index (χ2v) is 8.74. The lowest BCUT2D eigenvalue weighted by molar-refractivity contribution is -0.128. The van der Waals surface area contributed by atoms with E-state index in [-0.39, 0.29) is 17.2 Å². The Balaban J connectivity index is 1.40. The quantitative estimate of drug-likeness (QED) is 0.795. The predicted molar refractivity (Wildman–Crippen MR) is 102 cm³/mol. The molecular formula is C21H31N3O3. The summed E-state index contributed by atoms with van der Waals surface area (Å²) in [6, 6.07) is 3.79. The van der Waals surface area contributed by atoms with Crippen LogP contribution in [0.2, 0.25) is 0 Å². The van der Waals surface area contributed by atoms with E-state index in [4.69, 9.17) is 4.74 Å². The van der Waals surface area contributed by atoms with Gasteiger partial charge in [0.25, 0.3) is 5.91 Å². The van der Waals surface area contributed by atoms with Gasteiger partial charge in [-0.05, 0) is 49.1 Å². The molecule has 0 radical (unpaired) electrons. The minimum Gasteiger partial charge on any atom is -0.381 e. The summed E-state index contributed by atoms with van der Waals surface area (Å²) in [5.74, 6) is 1.41. The van der Waals surface area contributed by atoms with Gasteiger partial charge < -0.3 is 19.1 Å². The molecule has 3 heterocycles. The maximum absolute atomic E-state index is 12.8. The molecule has 6 nitrogen and oxygen atoms in total. The fourth-order valence-electron chi connectivity index (χ4n) is 4.73. The monoisotopic (exact) mass is 373 g/mol. The van der Waals surface area contributed by atoms with E-state index >= 15 is 0 Å². The van der Waals surface area contributed by atoms with E-state index in [1.807, 2.05) is 39.7 Å². The minimum atomic E-state index is 0.0974. The standard InChI is InChI=1S/C21H31N3O3/c1-16(25)24-12-18(14-27-13-17-5-6-17)21(15-24)7-10-23(11-8-21)20(26)19-4-3-9-22(19)2/h3-4,9,17-18H,5-8,10-15H2,1-2H3/t18-/m1/s1. The fourth-order valence-corrected chi connectivity index (χ4v) is 4.73. The molecule has 3 fully saturated rings. The van der Waals surface area contributed by atoms with Gasteiger partial charge in [-0.3, -0.25) is 9.59 Å². The smallest absolute Gasteiger partial charge is 0.270 e. The van der Waals surface area contributed by atoms with E-state index < -0.39 is 0 Å². The lowest BCUT2D eigenvalue weighted by Crippen LogP contribution is -2.47. The Bertz CT molecular complexity index is 701. The molecule has 1 saturated carbocycles. The molecule has 27 heavy (non-hydrogen) atoms. The van der Waals surface area contributed by atoms with Crippen molar-refractivity contribution in [2.45, 2.75) is 32.6 Å². The Kier molecular flexibility index (Phi) is 5.01. The van der Waals surface area contributed by atoms with Crippen LogP contribution in [0.25, 0.3) is 0 Å². The molecule has 2 saturated heterocycles. The van der Waals surface area contributed by atoms with Crippen LogP contribution in [-0.2, 0) is 16.6 Å². The molecule has 0 bridgehead atoms. The third-order valence-electron chi connectivity index (χ3n) is 6.84. The van der Waals surface area contributed by atoms with Crippen molar-refractivity contribution in [2.24, 2.45) is 24.3 Å². The van der Waals surface area contributed by atoms with E-state index in [2.05, 4.69) is 0 Å². The molecule has 2 aliphatic heterocycles. The lowest BCUT2D eigenvalue weighted by atomic mass is 9.71. The number of ether oxygens (including phenoxy) is 1. The van der Waals surface area contributed by atoms with Crippen molar-refractivity contribution in [1.82, 2.24) is 14.4 Å². The Labute approximate surface area is 161 Å². The number of carbonyl (C=O) groups excluding carboxylic acids is 2. The Morgan fingerprint density at radius 2 is 1.93 bits per heavy atom. The Hall–Kier alpha value is -1.82. The van der Waals surface area contributed by atoms with Crippen LogP contribution < -0.4 is 0 Å². The Morgan fingerprint density at radius 1 is 1.19 bits per heavy atom. The van der Waals surface area contributed by atoms with E-state index in [1.54, 1.807) is 6.92 Å². The summed E-state index contributed by atoms with van der Waals surface area (Å²) in [7, 11) is 1.91. The summed E-state index contributed by atoms with van der Waals surface area (Å²) >= 11 is 0. The van der Waals surface area contributed by atoms with Gasteiger partial charge >= 0.3 is 0 Å². The van der Waals surface area contributed by atoms with Crippen molar-refractivity contribution >= 4 is 11.8 Å². The van der Waals surface area contributed by atoms with E-state index in [9.17, 15) is 9.59 Å². The average Bonchev–Trinajstić information content (AvgIpc) is 3.27. The summed E-state index contributed by atoms with van der Waals surface area (Å²) in [4.78, 5) is 28.8. The van der Waals surface area contributed by atoms with Crippen LogP contribution in [0.1, 0.15) is 43.1 Å². The van der Waals surface area contributed by atoms with Crippen molar-refractivity contribution in [3.8, 4) is 0 Å². The number of rotatable bonds is 5. The van der Waals surface area contributed by atoms with Gasteiger partial charge in [0.1, 0.15) is 5.69 Å². The number of aromatic nitrogens is 1. The zero-order valence-electron chi connectivity index (χ0n) is 16.5. The molecule has 148 valence electrons. The highest BCUT2D eigenvalue weighted by Crippen LogP contribution is 2.45. The highest BCUT2D eigenvalue weighted by atomic mass is 16.5. The number of hydrogen-bond acceptors (Lipinski definition) is 3. The van der Waals surface area contributed by atoms with Crippen LogP contribution in [0.4, 0.5) is 0 Å². The van der Waals surface area contributed by atoms with Crippen molar-refractivity contribution in [3.63, 3.8) is 0 Å². The maximum Gasteiger partial charge on any atom is 0.270 e. The highest BCUT2D eigenvalue weighted by molar-refractivity contribution is 5.92. The minimum absolute atomic E-state index is 0.0974. The predicted octanol–water partition coefficient (Wildman–Crippen LogP) is 2.15. The average molecular weight is 373 g/mol. The largest absolute Gasteiger partial charge is 0.381 e. The molecule has 6 heteroatoms. The van der Waals surface area contributed by atoms with Gasteiger partial charge in [-0.25, -0.2) is 0 Å². The van der Waals surface area contributed by atoms with Crippen molar-refractivity contribution in [1.29, 1.82) is 0 Å². The second-order valence-electron chi connectivity index (χ2n) is 8.74. The summed E-state index contributed by atoms with van der Waals surface area (Å²) in [5, 5.41) is 0. The molecular weight excluding hydrogens is 342 g/mol. The van der Waals surface area contributed by atoms with E-state index in [0.29, 0.717) is 5.92 Å². The number of hydrogen-bond donors (Lipinski definition) is 0. The van der Waals surface area contributed by atoms with Gasteiger partial charge in [0.15, 0.2) is 0 Å². The van der Waals surface area contributed by atoms with Crippen LogP contribution in [0.3, 0.4) is 0 Å². The zero-order valence-corrected chi connectivity index (χ0v) is 16.5. The number of aryl methyl sites for hydroxylation is 1. The maximum atomic E-state index is 12.8. The van der Waals surface area contributed by atoms with Gasteiger partial charge in [-0.2, -0.15) is 0 Å².